The molecule has 1 unspecified atom stereocenters. The van der Waals surface area contributed by atoms with Crippen molar-refractivity contribution in [2.45, 2.75) is 17.8 Å². The summed E-state index contributed by atoms with van der Waals surface area (Å²) in [6.07, 6.45) is -1.31. The van der Waals surface area contributed by atoms with Gasteiger partial charge in [-0.1, -0.05) is 11.8 Å². The summed E-state index contributed by atoms with van der Waals surface area (Å²) in [6.45, 7) is -0.385. The molecular weight excluding hydrogens is 252 g/mol. The molecule has 1 rings (SSSR count). The summed E-state index contributed by atoms with van der Waals surface area (Å²) in [7, 11) is 1.16. The number of aliphatic hydroxyl groups is 1. The van der Waals surface area contributed by atoms with Crippen molar-refractivity contribution >= 4 is 23.7 Å². The van der Waals surface area contributed by atoms with Gasteiger partial charge in [0.1, 0.15) is 6.54 Å². The molecule has 9 nitrogen and oxygen atoms in total. The van der Waals surface area contributed by atoms with Crippen molar-refractivity contribution in [1.29, 1.82) is 0 Å². The number of nitrogens with zero attached hydrogens (tertiary/aromatic N) is 4. The normalized spacial score (nSPS) is 12.1. The number of hydrogen-bond donors (Lipinski definition) is 2. The first-order valence-electron chi connectivity index (χ1n) is 4.41. The molecule has 0 bridgehead atoms. The second kappa shape index (κ2) is 6.15. The Labute approximate surface area is 99.8 Å². The number of aliphatic carboxylic acids is 1. The first-order chi connectivity index (χ1) is 8.04. The number of esters is 1. The Hall–Kier alpha value is -1.68. The van der Waals surface area contributed by atoms with Crippen LogP contribution in [-0.2, 0) is 20.9 Å². The number of aliphatic hydroxyl groups excluding tert-OH is 1. The number of hydrogen-bond acceptors (Lipinski definition) is 8. The molecule has 17 heavy (non-hydrogen) atoms. The smallest absolute Gasteiger partial charge is 0.335 e. The second-order valence-electron chi connectivity index (χ2n) is 2.86. The molecule has 1 atom stereocenters. The molecule has 0 aliphatic heterocycles. The zero-order valence-electron chi connectivity index (χ0n) is 8.81. The number of carboxylic acid groups (broad SMARTS) is 1. The molecule has 1 aromatic rings. The lowest BCUT2D eigenvalue weighted by Gasteiger charge is -2.06. The fourth-order valence-electron chi connectivity index (χ4n) is 0.885. The monoisotopic (exact) mass is 262 g/mol. The fraction of sp³-hybridized carbons (Fsp3) is 0.571. The highest BCUT2D eigenvalue weighted by molar-refractivity contribution is 7.99. The Kier molecular flexibility index (Phi) is 4.84. The summed E-state index contributed by atoms with van der Waals surface area (Å²) in [6, 6.07) is 0. The minimum absolute atomic E-state index is 0.0212. The van der Waals surface area contributed by atoms with E-state index in [0.717, 1.165) is 23.6 Å². The number of carbonyl (C=O) groups excluding carboxylic acids is 1. The molecule has 0 aromatic carbocycles. The number of ether oxygens (including phenoxy) is 1. The molecule has 10 heteroatoms. The topological polar surface area (TPSA) is 127 Å². The summed E-state index contributed by atoms with van der Waals surface area (Å²) in [5.41, 5.74) is 0. The van der Waals surface area contributed by atoms with Crippen molar-refractivity contribution < 1.29 is 24.5 Å². The van der Waals surface area contributed by atoms with Gasteiger partial charge in [0, 0.05) is 5.75 Å². The van der Waals surface area contributed by atoms with Gasteiger partial charge in [-0.2, -0.15) is 0 Å². The molecule has 0 saturated carbocycles. The SMILES string of the molecule is COC(=O)C(O)CSc1nnnn1CC(=O)O. The maximum absolute atomic E-state index is 10.9. The highest BCUT2D eigenvalue weighted by Crippen LogP contribution is 2.15. The van der Waals surface area contributed by atoms with E-state index >= 15 is 0 Å². The van der Waals surface area contributed by atoms with Gasteiger partial charge >= 0.3 is 11.9 Å². The predicted octanol–water partition coefficient (Wildman–Crippen LogP) is -1.62. The molecule has 0 amide bonds. The molecule has 94 valence electrons. The van der Waals surface area contributed by atoms with E-state index in [1.54, 1.807) is 0 Å². The van der Waals surface area contributed by atoms with Gasteiger partial charge in [0.25, 0.3) is 0 Å². The van der Waals surface area contributed by atoms with Crippen molar-refractivity contribution in [2.24, 2.45) is 0 Å². The van der Waals surface area contributed by atoms with Crippen molar-refractivity contribution in [1.82, 2.24) is 20.2 Å². The van der Waals surface area contributed by atoms with Crippen LogP contribution < -0.4 is 0 Å². The highest BCUT2D eigenvalue weighted by Gasteiger charge is 2.18. The zero-order chi connectivity index (χ0) is 12.8. The van der Waals surface area contributed by atoms with E-state index in [2.05, 4.69) is 20.3 Å². The van der Waals surface area contributed by atoms with Crippen molar-refractivity contribution in [2.75, 3.05) is 12.9 Å². The third-order valence-corrected chi connectivity index (χ3v) is 2.66. The van der Waals surface area contributed by atoms with Crippen LogP contribution in [0.25, 0.3) is 0 Å². The summed E-state index contributed by atoms with van der Waals surface area (Å²) < 4.78 is 5.37. The van der Waals surface area contributed by atoms with Crippen LogP contribution >= 0.6 is 11.8 Å². The van der Waals surface area contributed by atoms with E-state index in [-0.39, 0.29) is 17.5 Å². The number of thioether (sulfide) groups is 1. The summed E-state index contributed by atoms with van der Waals surface area (Å²) in [4.78, 5) is 21.4. The quantitative estimate of drug-likeness (QED) is 0.459. The van der Waals surface area contributed by atoms with Gasteiger partial charge in [0.05, 0.1) is 7.11 Å². The number of carbonyl (C=O) groups is 2. The van der Waals surface area contributed by atoms with E-state index in [1.165, 1.54) is 0 Å². The van der Waals surface area contributed by atoms with Crippen molar-refractivity contribution in [3.63, 3.8) is 0 Å². The third-order valence-electron chi connectivity index (χ3n) is 1.63. The number of aromatic nitrogens is 4. The number of methoxy groups -OCH3 is 1. The third kappa shape index (κ3) is 4.00. The van der Waals surface area contributed by atoms with Crippen LogP contribution in [-0.4, -0.2) is 61.3 Å². The molecule has 2 N–H and O–H groups in total. The lowest BCUT2D eigenvalue weighted by atomic mass is 10.4. The van der Waals surface area contributed by atoms with Gasteiger partial charge in [0.15, 0.2) is 6.10 Å². The number of rotatable bonds is 6. The number of carboxylic acids is 1. The van der Waals surface area contributed by atoms with Gasteiger partial charge in [0.2, 0.25) is 5.16 Å². The Morgan fingerprint density at radius 2 is 2.29 bits per heavy atom. The van der Waals surface area contributed by atoms with Crippen LogP contribution in [0.4, 0.5) is 0 Å². The average Bonchev–Trinajstić information content (AvgIpc) is 2.71. The average molecular weight is 262 g/mol. The van der Waals surface area contributed by atoms with Crippen LogP contribution in [0.5, 0.6) is 0 Å². The van der Waals surface area contributed by atoms with Crippen molar-refractivity contribution in [3.05, 3.63) is 0 Å². The standard InChI is InChI=1S/C7H10N4O5S/c1-16-6(15)4(12)3-17-7-8-9-10-11(7)2-5(13)14/h4,12H,2-3H2,1H3,(H,13,14). The summed E-state index contributed by atoms with van der Waals surface area (Å²) in [5.74, 6) is -1.88. The van der Waals surface area contributed by atoms with Crippen LogP contribution in [0, 0.1) is 0 Å². The molecule has 0 fully saturated rings. The van der Waals surface area contributed by atoms with Crippen LogP contribution in [0.3, 0.4) is 0 Å². The molecule has 0 aliphatic rings. The van der Waals surface area contributed by atoms with Gasteiger partial charge in [-0.15, -0.1) is 5.10 Å². The van der Waals surface area contributed by atoms with Crippen molar-refractivity contribution in [3.8, 4) is 0 Å². The maximum atomic E-state index is 10.9. The largest absolute Gasteiger partial charge is 0.480 e. The predicted molar refractivity (Wildman–Crippen MR) is 54.2 cm³/mol. The van der Waals surface area contributed by atoms with E-state index in [1.807, 2.05) is 0 Å². The zero-order valence-corrected chi connectivity index (χ0v) is 9.62. The molecule has 0 aliphatic carbocycles. The summed E-state index contributed by atoms with van der Waals surface area (Å²) in [5, 5.41) is 28.4. The Morgan fingerprint density at radius 1 is 1.59 bits per heavy atom. The number of tetrazole rings is 1. The first kappa shape index (κ1) is 13.4. The molecular formula is C7H10N4O5S. The molecule has 0 radical (unpaired) electrons. The molecule has 0 spiro atoms. The lowest BCUT2D eigenvalue weighted by molar-refractivity contribution is -0.149. The minimum Gasteiger partial charge on any atom is -0.480 e. The second-order valence-corrected chi connectivity index (χ2v) is 3.85. The minimum atomic E-state index is -1.31. The Bertz CT molecular complexity index is 409. The Balaban J connectivity index is 2.54. The van der Waals surface area contributed by atoms with E-state index in [9.17, 15) is 14.7 Å². The summed E-state index contributed by atoms with van der Waals surface area (Å²) >= 11 is 0.960. The molecule has 1 heterocycles. The van der Waals surface area contributed by atoms with Crippen LogP contribution in [0.15, 0.2) is 5.16 Å². The fourth-order valence-corrected chi connectivity index (χ4v) is 1.67. The highest BCUT2D eigenvalue weighted by atomic mass is 32.2. The molecule has 1 aromatic heterocycles. The van der Waals surface area contributed by atoms with Gasteiger partial charge in [-0.3, -0.25) is 4.79 Å². The first-order valence-corrected chi connectivity index (χ1v) is 5.39. The van der Waals surface area contributed by atoms with Gasteiger partial charge < -0.3 is 14.9 Å². The van der Waals surface area contributed by atoms with Gasteiger partial charge in [-0.05, 0) is 10.4 Å². The van der Waals surface area contributed by atoms with E-state index < -0.39 is 18.0 Å². The Morgan fingerprint density at radius 3 is 2.88 bits per heavy atom. The maximum Gasteiger partial charge on any atom is 0.335 e. The van der Waals surface area contributed by atoms with Crippen LogP contribution in [0.1, 0.15) is 0 Å². The lowest BCUT2D eigenvalue weighted by Crippen LogP contribution is -2.24. The van der Waals surface area contributed by atoms with E-state index in [0.29, 0.717) is 0 Å². The van der Waals surface area contributed by atoms with Crippen LogP contribution in [0.2, 0.25) is 0 Å². The van der Waals surface area contributed by atoms with Gasteiger partial charge in [-0.25, -0.2) is 9.48 Å². The van der Waals surface area contributed by atoms with E-state index in [4.69, 9.17) is 5.11 Å². The molecule has 0 saturated heterocycles.